The largest absolute Gasteiger partial charge is 0.497 e. The van der Waals surface area contributed by atoms with E-state index >= 15 is 0 Å². The van der Waals surface area contributed by atoms with E-state index in [-0.39, 0.29) is 24.0 Å². The number of rotatable bonds is 10. The van der Waals surface area contributed by atoms with Crippen LogP contribution in [0.5, 0.6) is 5.75 Å². The van der Waals surface area contributed by atoms with Crippen molar-refractivity contribution in [2.75, 3.05) is 60.0 Å². The molecule has 2 rings (SSSR count). The highest BCUT2D eigenvalue weighted by Crippen LogP contribution is 2.21. The minimum atomic E-state index is 0. The predicted molar refractivity (Wildman–Crippen MR) is 143 cm³/mol. The summed E-state index contributed by atoms with van der Waals surface area (Å²) in [7, 11) is 3.91. The third-order valence-electron chi connectivity index (χ3n) is 6.11. The number of likely N-dealkylation sites (N-methyl/N-ethyl adjacent to an activating group) is 1. The first-order valence-electron chi connectivity index (χ1n) is 11.5. The van der Waals surface area contributed by atoms with Gasteiger partial charge in [0.2, 0.25) is 0 Å². The van der Waals surface area contributed by atoms with Crippen LogP contribution in [0.2, 0.25) is 0 Å². The van der Waals surface area contributed by atoms with Crippen molar-refractivity contribution in [3.05, 3.63) is 29.8 Å². The van der Waals surface area contributed by atoms with Crippen molar-refractivity contribution in [2.45, 2.75) is 46.1 Å². The highest BCUT2D eigenvalue weighted by molar-refractivity contribution is 14.0. The van der Waals surface area contributed by atoms with Gasteiger partial charge in [0.15, 0.2) is 5.96 Å². The Kier molecular flexibility index (Phi) is 13.4. The van der Waals surface area contributed by atoms with E-state index < -0.39 is 0 Å². The summed E-state index contributed by atoms with van der Waals surface area (Å²) >= 11 is 0. The monoisotopic (exact) mass is 545 g/mol. The topological polar surface area (TPSA) is 52.1 Å². The van der Waals surface area contributed by atoms with Gasteiger partial charge in [-0.3, -0.25) is 9.89 Å². The SMILES string of the molecule is CCNC(=NCC(C(C)C)N1CCN(C)CC1)NCCC(C)c1ccc(OC)cc1.I. The Hall–Kier alpha value is -1.06. The highest BCUT2D eigenvalue weighted by atomic mass is 127. The van der Waals surface area contributed by atoms with Gasteiger partial charge in [-0.1, -0.05) is 32.9 Å². The Morgan fingerprint density at radius 1 is 1.06 bits per heavy atom. The van der Waals surface area contributed by atoms with Gasteiger partial charge in [0.1, 0.15) is 5.75 Å². The summed E-state index contributed by atoms with van der Waals surface area (Å²) < 4.78 is 5.26. The number of aliphatic imine (C=N–C) groups is 1. The summed E-state index contributed by atoms with van der Waals surface area (Å²) in [5.41, 5.74) is 1.34. The molecule has 1 aromatic rings. The molecule has 2 atom stereocenters. The standard InChI is InChI=1S/C24H43N5O.HI/c1-7-25-24(26-13-12-20(4)21-8-10-22(30-6)11-9-21)27-18-23(19(2)3)29-16-14-28(5)15-17-29;/h8-11,19-20,23H,7,12-18H2,1-6H3,(H2,25,26,27);1H. The molecule has 1 aliphatic rings. The zero-order valence-corrected chi connectivity index (χ0v) is 22.7. The molecule has 2 N–H and O–H groups in total. The van der Waals surface area contributed by atoms with E-state index in [1.165, 1.54) is 5.56 Å². The van der Waals surface area contributed by atoms with E-state index in [0.29, 0.717) is 17.9 Å². The van der Waals surface area contributed by atoms with Crippen LogP contribution in [0, 0.1) is 5.92 Å². The van der Waals surface area contributed by atoms with Crippen molar-refractivity contribution in [2.24, 2.45) is 10.9 Å². The van der Waals surface area contributed by atoms with Crippen molar-refractivity contribution in [1.29, 1.82) is 0 Å². The van der Waals surface area contributed by atoms with Gasteiger partial charge in [0.05, 0.1) is 13.7 Å². The lowest BCUT2D eigenvalue weighted by atomic mass is 9.98. The zero-order chi connectivity index (χ0) is 21.9. The van der Waals surface area contributed by atoms with Crippen molar-refractivity contribution < 1.29 is 4.74 Å². The summed E-state index contributed by atoms with van der Waals surface area (Å²) in [5.74, 6) is 2.92. The van der Waals surface area contributed by atoms with Crippen LogP contribution in [0.3, 0.4) is 0 Å². The number of nitrogens with zero attached hydrogens (tertiary/aromatic N) is 3. The molecule has 178 valence electrons. The molecule has 0 bridgehead atoms. The van der Waals surface area contributed by atoms with E-state index in [1.807, 2.05) is 12.1 Å². The lowest BCUT2D eigenvalue weighted by molar-refractivity contribution is 0.0925. The van der Waals surface area contributed by atoms with Crippen LogP contribution in [0.15, 0.2) is 29.3 Å². The number of guanidine groups is 1. The predicted octanol–water partition coefficient (Wildman–Crippen LogP) is 3.63. The van der Waals surface area contributed by atoms with Crippen molar-refractivity contribution >= 4 is 29.9 Å². The van der Waals surface area contributed by atoms with E-state index in [0.717, 1.165) is 63.9 Å². The Bertz CT molecular complexity index is 629. The maximum atomic E-state index is 5.26. The molecule has 0 radical (unpaired) electrons. The number of nitrogens with one attached hydrogen (secondary N) is 2. The molecule has 1 fully saturated rings. The second-order valence-corrected chi connectivity index (χ2v) is 8.76. The Labute approximate surface area is 207 Å². The number of piperazine rings is 1. The number of ether oxygens (including phenoxy) is 1. The van der Waals surface area contributed by atoms with Gasteiger partial charge < -0.3 is 20.3 Å². The molecule has 0 aliphatic carbocycles. The normalized spacial score (nSPS) is 17.7. The van der Waals surface area contributed by atoms with E-state index in [9.17, 15) is 0 Å². The number of benzene rings is 1. The van der Waals surface area contributed by atoms with Crippen LogP contribution in [0.1, 0.15) is 45.6 Å². The van der Waals surface area contributed by atoms with Crippen LogP contribution in [0.25, 0.3) is 0 Å². The lowest BCUT2D eigenvalue weighted by Gasteiger charge is -2.39. The zero-order valence-electron chi connectivity index (χ0n) is 20.4. The fourth-order valence-corrected chi connectivity index (χ4v) is 3.93. The third kappa shape index (κ3) is 9.53. The molecule has 2 unspecified atom stereocenters. The fourth-order valence-electron chi connectivity index (χ4n) is 3.93. The van der Waals surface area contributed by atoms with E-state index in [1.54, 1.807) is 7.11 Å². The number of methoxy groups -OCH3 is 1. The second-order valence-electron chi connectivity index (χ2n) is 8.76. The summed E-state index contributed by atoms with van der Waals surface area (Å²) in [5, 5.41) is 6.95. The van der Waals surface area contributed by atoms with Crippen LogP contribution in [-0.4, -0.2) is 81.8 Å². The Morgan fingerprint density at radius 2 is 1.71 bits per heavy atom. The number of hydrogen-bond donors (Lipinski definition) is 2. The summed E-state index contributed by atoms with van der Waals surface area (Å²) in [6, 6.07) is 8.88. The van der Waals surface area contributed by atoms with Crippen LogP contribution in [0.4, 0.5) is 0 Å². The average molecular weight is 546 g/mol. The van der Waals surface area contributed by atoms with Crippen LogP contribution in [-0.2, 0) is 0 Å². The van der Waals surface area contributed by atoms with Gasteiger partial charge in [-0.15, -0.1) is 24.0 Å². The molecular weight excluding hydrogens is 501 g/mol. The molecule has 0 amide bonds. The fraction of sp³-hybridized carbons (Fsp3) is 0.708. The minimum absolute atomic E-state index is 0. The highest BCUT2D eigenvalue weighted by Gasteiger charge is 2.24. The first-order chi connectivity index (χ1) is 14.4. The average Bonchev–Trinajstić information content (AvgIpc) is 2.74. The molecule has 31 heavy (non-hydrogen) atoms. The quantitative estimate of drug-likeness (QED) is 0.267. The Morgan fingerprint density at radius 3 is 2.26 bits per heavy atom. The van der Waals surface area contributed by atoms with E-state index in [4.69, 9.17) is 9.73 Å². The summed E-state index contributed by atoms with van der Waals surface area (Å²) in [4.78, 5) is 9.97. The molecule has 7 heteroatoms. The van der Waals surface area contributed by atoms with Crippen LogP contribution < -0.4 is 15.4 Å². The van der Waals surface area contributed by atoms with Gasteiger partial charge in [0, 0.05) is 45.3 Å². The van der Waals surface area contributed by atoms with Gasteiger partial charge in [-0.2, -0.15) is 0 Å². The first-order valence-corrected chi connectivity index (χ1v) is 11.5. The number of halogens is 1. The third-order valence-corrected chi connectivity index (χ3v) is 6.11. The van der Waals surface area contributed by atoms with Crippen molar-refractivity contribution in [3.8, 4) is 5.75 Å². The first kappa shape index (κ1) is 28.0. The second kappa shape index (κ2) is 14.9. The van der Waals surface area contributed by atoms with E-state index in [2.05, 4.69) is 67.3 Å². The van der Waals surface area contributed by atoms with Gasteiger partial charge in [-0.25, -0.2) is 0 Å². The molecule has 0 saturated carbocycles. The molecule has 1 aliphatic heterocycles. The summed E-state index contributed by atoms with van der Waals surface area (Å²) in [6.45, 7) is 16.2. The van der Waals surface area contributed by atoms with Crippen LogP contribution >= 0.6 is 24.0 Å². The molecule has 1 saturated heterocycles. The maximum absolute atomic E-state index is 5.26. The van der Waals surface area contributed by atoms with Gasteiger partial charge >= 0.3 is 0 Å². The minimum Gasteiger partial charge on any atom is -0.497 e. The molecule has 0 spiro atoms. The molecule has 6 nitrogen and oxygen atoms in total. The number of hydrogen-bond acceptors (Lipinski definition) is 4. The molecule has 1 heterocycles. The van der Waals surface area contributed by atoms with Gasteiger partial charge in [0.25, 0.3) is 0 Å². The Balaban J connectivity index is 0.00000480. The lowest BCUT2D eigenvalue weighted by Crippen LogP contribution is -2.52. The van der Waals surface area contributed by atoms with Crippen molar-refractivity contribution in [1.82, 2.24) is 20.4 Å². The molecular formula is C24H44IN5O. The summed E-state index contributed by atoms with van der Waals surface area (Å²) in [6.07, 6.45) is 1.06. The van der Waals surface area contributed by atoms with Crippen molar-refractivity contribution in [3.63, 3.8) is 0 Å². The van der Waals surface area contributed by atoms with Gasteiger partial charge in [-0.05, 0) is 49.9 Å². The maximum Gasteiger partial charge on any atom is 0.191 e. The molecule has 0 aromatic heterocycles. The molecule has 1 aromatic carbocycles. The smallest absolute Gasteiger partial charge is 0.191 e.